The number of nitrogens with zero attached hydrogens (tertiary/aromatic N) is 1. The number of carbonyl (C=O) groups excluding carboxylic acids is 1. The molecule has 1 fully saturated rings. The minimum atomic E-state index is -0.278. The van der Waals surface area contributed by atoms with Crippen molar-refractivity contribution >= 4 is 17.5 Å². The highest BCUT2D eigenvalue weighted by atomic mass is 35.5. The molecule has 2 N–H and O–H groups in total. The van der Waals surface area contributed by atoms with Crippen LogP contribution in [0.25, 0.3) is 0 Å². The quantitative estimate of drug-likeness (QED) is 0.910. The number of carbonyl (C=O) groups is 1. The van der Waals surface area contributed by atoms with E-state index >= 15 is 0 Å². The molecule has 2 aromatic rings. The molecule has 0 spiro atoms. The van der Waals surface area contributed by atoms with Crippen molar-refractivity contribution in [2.45, 2.75) is 38.6 Å². The summed E-state index contributed by atoms with van der Waals surface area (Å²) < 4.78 is 0. The Balaban J connectivity index is 1.83. The van der Waals surface area contributed by atoms with Crippen LogP contribution in [0.2, 0.25) is 5.02 Å². The van der Waals surface area contributed by atoms with Gasteiger partial charge in [0.15, 0.2) is 5.69 Å². The fourth-order valence-corrected chi connectivity index (χ4v) is 2.86. The molecule has 1 heterocycles. The fraction of sp³-hybridized carbons (Fsp3) is 0.375. The monoisotopic (exact) mass is 303 g/mol. The van der Waals surface area contributed by atoms with Crippen LogP contribution in [-0.4, -0.2) is 16.1 Å². The molecular formula is C16H18ClN3O. The van der Waals surface area contributed by atoms with E-state index in [-0.39, 0.29) is 11.4 Å². The highest BCUT2D eigenvalue weighted by molar-refractivity contribution is 6.30. The van der Waals surface area contributed by atoms with Gasteiger partial charge < -0.3 is 5.32 Å². The number of hydrogen-bond acceptors (Lipinski definition) is 2. The van der Waals surface area contributed by atoms with E-state index in [1.807, 2.05) is 38.1 Å². The summed E-state index contributed by atoms with van der Waals surface area (Å²) in [5, 5.41) is 10.9. The Kier molecular flexibility index (Phi) is 3.49. The molecule has 0 unspecified atom stereocenters. The maximum atomic E-state index is 12.5. The van der Waals surface area contributed by atoms with E-state index in [1.54, 1.807) is 0 Å². The second-order valence-corrected chi connectivity index (χ2v) is 6.01. The number of amides is 1. The molecule has 1 aliphatic rings. The van der Waals surface area contributed by atoms with E-state index < -0.39 is 0 Å². The molecule has 0 aliphatic heterocycles. The van der Waals surface area contributed by atoms with Crippen LogP contribution in [0.15, 0.2) is 24.3 Å². The van der Waals surface area contributed by atoms with E-state index in [0.29, 0.717) is 10.7 Å². The third-order valence-corrected chi connectivity index (χ3v) is 4.39. The number of nitrogens with one attached hydrogen (secondary N) is 2. The Bertz CT molecular complexity index is 689. The summed E-state index contributed by atoms with van der Waals surface area (Å²) >= 11 is 6.05. The molecule has 1 saturated carbocycles. The van der Waals surface area contributed by atoms with Crippen molar-refractivity contribution < 1.29 is 4.79 Å². The first-order valence-electron chi connectivity index (χ1n) is 7.18. The summed E-state index contributed by atoms with van der Waals surface area (Å²) in [5.41, 5.74) is 3.21. The molecule has 21 heavy (non-hydrogen) atoms. The number of H-pyrrole nitrogens is 1. The zero-order valence-corrected chi connectivity index (χ0v) is 12.9. The zero-order chi connectivity index (χ0) is 15.0. The number of aromatic amines is 1. The van der Waals surface area contributed by atoms with Crippen LogP contribution in [0.3, 0.4) is 0 Å². The molecule has 1 aromatic heterocycles. The summed E-state index contributed by atoms with van der Waals surface area (Å²) in [6.07, 6.45) is 2.71. The van der Waals surface area contributed by atoms with Gasteiger partial charge in [-0.1, -0.05) is 30.7 Å². The Hall–Kier alpha value is -1.81. The summed E-state index contributed by atoms with van der Waals surface area (Å²) in [4.78, 5) is 12.5. The van der Waals surface area contributed by atoms with Gasteiger partial charge in [-0.15, -0.1) is 0 Å². The second-order valence-electron chi connectivity index (χ2n) is 5.58. The summed E-state index contributed by atoms with van der Waals surface area (Å²) in [7, 11) is 0. The topological polar surface area (TPSA) is 57.8 Å². The van der Waals surface area contributed by atoms with Crippen molar-refractivity contribution in [1.82, 2.24) is 15.5 Å². The number of halogens is 1. The van der Waals surface area contributed by atoms with Crippen LogP contribution < -0.4 is 5.32 Å². The normalized spacial score (nSPS) is 15.8. The van der Waals surface area contributed by atoms with E-state index in [9.17, 15) is 4.79 Å². The largest absolute Gasteiger partial charge is 0.341 e. The number of aryl methyl sites for hydroxylation is 1. The number of benzene rings is 1. The summed E-state index contributed by atoms with van der Waals surface area (Å²) in [6.45, 7) is 3.97. The van der Waals surface area contributed by atoms with E-state index in [4.69, 9.17) is 11.6 Å². The highest BCUT2D eigenvalue weighted by Crippen LogP contribution is 2.46. The first-order valence-corrected chi connectivity index (χ1v) is 7.56. The van der Waals surface area contributed by atoms with Gasteiger partial charge in [-0.2, -0.15) is 5.10 Å². The van der Waals surface area contributed by atoms with Gasteiger partial charge in [-0.05, 0) is 43.9 Å². The SMILES string of the molecule is CCc1[nH]nc(C(=O)NC2(c3cccc(Cl)c3)CC2)c1C. The maximum absolute atomic E-state index is 12.5. The Morgan fingerprint density at radius 2 is 2.24 bits per heavy atom. The van der Waals surface area contributed by atoms with Gasteiger partial charge in [0, 0.05) is 16.3 Å². The van der Waals surface area contributed by atoms with Gasteiger partial charge in [0.2, 0.25) is 0 Å². The Morgan fingerprint density at radius 1 is 1.48 bits per heavy atom. The molecule has 0 atom stereocenters. The lowest BCUT2D eigenvalue weighted by Gasteiger charge is -2.17. The van der Waals surface area contributed by atoms with Crippen molar-refractivity contribution in [2.75, 3.05) is 0 Å². The molecule has 1 aliphatic carbocycles. The van der Waals surface area contributed by atoms with Gasteiger partial charge >= 0.3 is 0 Å². The predicted octanol–water partition coefficient (Wildman–Crippen LogP) is 3.35. The molecule has 5 heteroatoms. The van der Waals surface area contributed by atoms with E-state index in [2.05, 4.69) is 15.5 Å². The molecule has 4 nitrogen and oxygen atoms in total. The molecule has 0 bridgehead atoms. The number of aromatic nitrogens is 2. The smallest absolute Gasteiger partial charge is 0.272 e. The maximum Gasteiger partial charge on any atom is 0.272 e. The van der Waals surface area contributed by atoms with Crippen LogP contribution in [0, 0.1) is 6.92 Å². The lowest BCUT2D eigenvalue weighted by atomic mass is 10.0. The second kappa shape index (κ2) is 5.19. The summed E-state index contributed by atoms with van der Waals surface area (Å²) in [5.74, 6) is -0.124. The average molecular weight is 304 g/mol. The van der Waals surface area contributed by atoms with Crippen molar-refractivity contribution in [3.63, 3.8) is 0 Å². The Morgan fingerprint density at radius 3 is 2.81 bits per heavy atom. The molecule has 3 rings (SSSR count). The molecule has 1 amide bonds. The standard InChI is InChI=1S/C16H18ClN3O/c1-3-13-10(2)14(20-19-13)15(21)18-16(7-8-16)11-5-4-6-12(17)9-11/h4-6,9H,3,7-8H2,1-2H3,(H,18,21)(H,19,20). The molecule has 0 saturated heterocycles. The van der Waals surface area contributed by atoms with Crippen LogP contribution in [0.1, 0.15) is 47.1 Å². The number of rotatable bonds is 4. The predicted molar refractivity (Wildman–Crippen MR) is 82.5 cm³/mol. The third-order valence-electron chi connectivity index (χ3n) is 4.16. The highest BCUT2D eigenvalue weighted by Gasteiger charge is 2.46. The first kappa shape index (κ1) is 14.1. The van der Waals surface area contributed by atoms with Crippen LogP contribution in [0.5, 0.6) is 0 Å². The van der Waals surface area contributed by atoms with Crippen molar-refractivity contribution in [1.29, 1.82) is 0 Å². The van der Waals surface area contributed by atoms with Crippen molar-refractivity contribution in [3.05, 3.63) is 51.8 Å². The van der Waals surface area contributed by atoms with E-state index in [1.165, 1.54) is 0 Å². The molecule has 1 aromatic carbocycles. The van der Waals surface area contributed by atoms with Crippen molar-refractivity contribution in [3.8, 4) is 0 Å². The summed E-state index contributed by atoms with van der Waals surface area (Å²) in [6, 6.07) is 7.69. The van der Waals surface area contributed by atoms with Gasteiger partial charge in [-0.25, -0.2) is 0 Å². The lowest BCUT2D eigenvalue weighted by molar-refractivity contribution is 0.0925. The Labute approximate surface area is 128 Å². The minimum Gasteiger partial charge on any atom is -0.341 e. The average Bonchev–Trinajstić information content (AvgIpc) is 3.14. The fourth-order valence-electron chi connectivity index (χ4n) is 2.67. The van der Waals surface area contributed by atoms with Gasteiger partial charge in [0.1, 0.15) is 0 Å². The van der Waals surface area contributed by atoms with E-state index in [0.717, 1.165) is 36.1 Å². The first-order chi connectivity index (χ1) is 10.1. The number of hydrogen-bond donors (Lipinski definition) is 2. The van der Waals surface area contributed by atoms with Gasteiger partial charge in [0.05, 0.1) is 5.54 Å². The van der Waals surface area contributed by atoms with Gasteiger partial charge in [0.25, 0.3) is 5.91 Å². The zero-order valence-electron chi connectivity index (χ0n) is 12.2. The van der Waals surface area contributed by atoms with Crippen molar-refractivity contribution in [2.24, 2.45) is 0 Å². The van der Waals surface area contributed by atoms with Crippen LogP contribution in [-0.2, 0) is 12.0 Å². The lowest BCUT2D eigenvalue weighted by Crippen LogP contribution is -2.35. The minimum absolute atomic E-state index is 0.124. The third kappa shape index (κ3) is 2.56. The molecule has 110 valence electrons. The molecule has 0 radical (unpaired) electrons. The molecular weight excluding hydrogens is 286 g/mol. The van der Waals surface area contributed by atoms with Crippen LogP contribution >= 0.6 is 11.6 Å². The van der Waals surface area contributed by atoms with Crippen LogP contribution in [0.4, 0.5) is 0 Å². The van der Waals surface area contributed by atoms with Gasteiger partial charge in [-0.3, -0.25) is 9.89 Å².